The molecule has 0 radical (unpaired) electrons. The van der Waals surface area contributed by atoms with Crippen molar-refractivity contribution >= 4 is 17.7 Å². The second kappa shape index (κ2) is 8.05. The van der Waals surface area contributed by atoms with E-state index in [1.54, 1.807) is 17.1 Å². The molecule has 1 aromatic carbocycles. The number of anilines is 1. The molecule has 0 amide bonds. The summed E-state index contributed by atoms with van der Waals surface area (Å²) in [6, 6.07) is 11.5. The number of aromatic amines is 1. The summed E-state index contributed by atoms with van der Waals surface area (Å²) in [7, 11) is 0. The van der Waals surface area contributed by atoms with Gasteiger partial charge in [-0.3, -0.25) is 5.43 Å². The molecule has 0 aliphatic heterocycles. The number of para-hydroxylation sites is 1. The van der Waals surface area contributed by atoms with Crippen LogP contribution < -0.4 is 14.7 Å². The Morgan fingerprint density at radius 1 is 1.25 bits per heavy atom. The van der Waals surface area contributed by atoms with Crippen molar-refractivity contribution in [1.29, 1.82) is 0 Å². The maximum Gasteiger partial charge on any atom is 0.325 e. The molecule has 3 aromatic rings. The molecule has 7 nitrogen and oxygen atoms in total. The standard InChI is InChI=1S/C17H20N6O/c1-2-3-6-11-24-15-8-5-4-7-14(15)12-18-20-16-9-10-17-21-19-13-23(17)22-16/h4-5,7-10,12-13H,2-3,6,11H2,1H3,(H,20,22)/p+1/b18-12+. The van der Waals surface area contributed by atoms with Crippen molar-refractivity contribution in [2.45, 2.75) is 26.2 Å². The summed E-state index contributed by atoms with van der Waals surface area (Å²) in [5, 5.41) is 15.4. The first kappa shape index (κ1) is 15.9. The molecule has 2 aromatic heterocycles. The van der Waals surface area contributed by atoms with E-state index < -0.39 is 0 Å². The van der Waals surface area contributed by atoms with Crippen molar-refractivity contribution in [1.82, 2.24) is 15.3 Å². The lowest BCUT2D eigenvalue weighted by molar-refractivity contribution is -0.579. The minimum Gasteiger partial charge on any atom is -0.493 e. The van der Waals surface area contributed by atoms with E-state index >= 15 is 0 Å². The largest absolute Gasteiger partial charge is 0.493 e. The molecule has 0 atom stereocenters. The summed E-state index contributed by atoms with van der Waals surface area (Å²) in [4.78, 5) is 0. The Bertz CT molecular complexity index is 813. The topological polar surface area (TPSA) is 79.3 Å². The maximum absolute atomic E-state index is 5.84. The highest BCUT2D eigenvalue weighted by Crippen LogP contribution is 2.16. The third kappa shape index (κ3) is 4.07. The van der Waals surface area contributed by atoms with Gasteiger partial charge in [0.25, 0.3) is 0 Å². The van der Waals surface area contributed by atoms with Crippen LogP contribution >= 0.6 is 0 Å². The normalized spacial score (nSPS) is 11.2. The number of H-pyrrole nitrogens is 1. The number of rotatable bonds is 8. The van der Waals surface area contributed by atoms with Gasteiger partial charge in [-0.1, -0.05) is 37.0 Å². The van der Waals surface area contributed by atoms with Crippen LogP contribution in [0.5, 0.6) is 5.75 Å². The zero-order valence-electron chi connectivity index (χ0n) is 13.6. The highest BCUT2D eigenvalue weighted by Gasteiger charge is 2.05. The van der Waals surface area contributed by atoms with Gasteiger partial charge >= 0.3 is 5.65 Å². The van der Waals surface area contributed by atoms with Crippen molar-refractivity contribution in [2.24, 2.45) is 5.10 Å². The number of unbranched alkanes of at least 4 members (excludes halogenated alkanes) is 2. The number of nitrogens with zero attached hydrogens (tertiary/aromatic N) is 4. The smallest absolute Gasteiger partial charge is 0.325 e. The van der Waals surface area contributed by atoms with E-state index in [-0.39, 0.29) is 0 Å². The minimum absolute atomic E-state index is 0.631. The van der Waals surface area contributed by atoms with Crippen LogP contribution in [0.1, 0.15) is 31.7 Å². The summed E-state index contributed by atoms with van der Waals surface area (Å²) in [5.41, 5.74) is 4.59. The quantitative estimate of drug-likeness (QED) is 0.289. The molecule has 24 heavy (non-hydrogen) atoms. The second-order valence-corrected chi connectivity index (χ2v) is 5.35. The van der Waals surface area contributed by atoms with E-state index in [1.165, 1.54) is 12.8 Å². The average molecular weight is 325 g/mol. The molecular formula is C17H21N6O+. The van der Waals surface area contributed by atoms with Gasteiger partial charge in [0, 0.05) is 16.7 Å². The Kier molecular flexibility index (Phi) is 5.34. The summed E-state index contributed by atoms with van der Waals surface area (Å²) < 4.78 is 7.48. The Balaban J connectivity index is 1.63. The van der Waals surface area contributed by atoms with Gasteiger partial charge in [-0.15, -0.1) is 9.61 Å². The van der Waals surface area contributed by atoms with E-state index in [0.717, 1.165) is 30.0 Å². The lowest BCUT2D eigenvalue weighted by Crippen LogP contribution is -2.24. The third-order valence-corrected chi connectivity index (χ3v) is 3.51. The number of benzene rings is 1. The Morgan fingerprint density at radius 3 is 3.08 bits per heavy atom. The highest BCUT2D eigenvalue weighted by atomic mass is 16.5. The number of aromatic nitrogens is 4. The molecule has 0 spiro atoms. The molecule has 7 heteroatoms. The molecule has 0 saturated heterocycles. The van der Waals surface area contributed by atoms with Gasteiger partial charge in [-0.25, -0.2) is 0 Å². The van der Waals surface area contributed by atoms with Gasteiger partial charge in [0.2, 0.25) is 6.33 Å². The average Bonchev–Trinajstić information content (AvgIpc) is 3.08. The number of nitrogens with one attached hydrogen (secondary N) is 2. The zero-order valence-corrected chi connectivity index (χ0v) is 13.6. The van der Waals surface area contributed by atoms with Crippen molar-refractivity contribution in [2.75, 3.05) is 12.0 Å². The first-order chi connectivity index (χ1) is 11.9. The monoisotopic (exact) mass is 325 g/mol. The predicted molar refractivity (Wildman–Crippen MR) is 92.2 cm³/mol. The van der Waals surface area contributed by atoms with E-state index in [0.29, 0.717) is 5.82 Å². The van der Waals surface area contributed by atoms with E-state index in [1.807, 2.05) is 36.4 Å². The molecule has 2 N–H and O–H groups in total. The first-order valence-corrected chi connectivity index (χ1v) is 8.10. The van der Waals surface area contributed by atoms with Gasteiger partial charge in [0.1, 0.15) is 5.75 Å². The molecule has 0 saturated carbocycles. The number of hydrazone groups is 1. The van der Waals surface area contributed by atoms with Gasteiger partial charge in [-0.2, -0.15) is 5.10 Å². The first-order valence-electron chi connectivity index (χ1n) is 8.10. The zero-order chi connectivity index (χ0) is 16.6. The molecule has 2 heterocycles. The lowest BCUT2D eigenvalue weighted by atomic mass is 10.2. The summed E-state index contributed by atoms with van der Waals surface area (Å²) in [6.45, 7) is 2.90. The van der Waals surface area contributed by atoms with Crippen LogP contribution in [0.15, 0.2) is 47.8 Å². The maximum atomic E-state index is 5.84. The fourth-order valence-corrected chi connectivity index (χ4v) is 2.24. The predicted octanol–water partition coefficient (Wildman–Crippen LogP) is 2.56. The van der Waals surface area contributed by atoms with Crippen molar-refractivity contribution in [3.63, 3.8) is 0 Å². The Labute approximate surface area is 140 Å². The van der Waals surface area contributed by atoms with E-state index in [2.05, 4.69) is 32.7 Å². The molecular weight excluding hydrogens is 304 g/mol. The van der Waals surface area contributed by atoms with Crippen molar-refractivity contribution in [3.8, 4) is 5.75 Å². The minimum atomic E-state index is 0.631. The van der Waals surface area contributed by atoms with Gasteiger partial charge < -0.3 is 4.74 Å². The number of hydrogen-bond acceptors (Lipinski definition) is 5. The van der Waals surface area contributed by atoms with Crippen molar-refractivity contribution in [3.05, 3.63) is 48.3 Å². The summed E-state index contributed by atoms with van der Waals surface area (Å²) >= 11 is 0. The lowest BCUT2D eigenvalue weighted by Gasteiger charge is -2.08. The van der Waals surface area contributed by atoms with Gasteiger partial charge in [0.15, 0.2) is 5.82 Å². The fourth-order valence-electron chi connectivity index (χ4n) is 2.24. The highest BCUT2D eigenvalue weighted by molar-refractivity contribution is 5.83. The van der Waals surface area contributed by atoms with Crippen LogP contribution in [0.3, 0.4) is 0 Å². The molecule has 0 unspecified atom stereocenters. The Morgan fingerprint density at radius 2 is 2.17 bits per heavy atom. The molecule has 3 rings (SSSR count). The summed E-state index contributed by atoms with van der Waals surface area (Å²) in [5.74, 6) is 1.47. The van der Waals surface area contributed by atoms with Gasteiger partial charge in [0.05, 0.1) is 12.8 Å². The molecule has 0 bridgehead atoms. The number of hydrogen-bond donors (Lipinski definition) is 2. The van der Waals surface area contributed by atoms with Crippen LogP contribution in [0.2, 0.25) is 0 Å². The number of ether oxygens (including phenoxy) is 1. The molecule has 0 aliphatic carbocycles. The van der Waals surface area contributed by atoms with Crippen LogP contribution in [0.25, 0.3) is 5.65 Å². The third-order valence-electron chi connectivity index (χ3n) is 3.51. The molecule has 0 fully saturated rings. The van der Waals surface area contributed by atoms with E-state index in [4.69, 9.17) is 4.74 Å². The van der Waals surface area contributed by atoms with Crippen molar-refractivity contribution < 1.29 is 9.25 Å². The Hall–Kier alpha value is -2.96. The van der Waals surface area contributed by atoms with Crippen LogP contribution in [0, 0.1) is 0 Å². The van der Waals surface area contributed by atoms with Gasteiger partial charge in [-0.05, 0) is 24.6 Å². The van der Waals surface area contributed by atoms with E-state index in [9.17, 15) is 0 Å². The molecule has 0 aliphatic rings. The fraction of sp³-hybridized carbons (Fsp3) is 0.294. The van der Waals surface area contributed by atoms with Crippen LogP contribution in [-0.2, 0) is 0 Å². The second-order valence-electron chi connectivity index (χ2n) is 5.35. The SMILES string of the molecule is CCCCCOc1ccccc1/C=N/Nc1ccc2n[nH]c[n+]2n1. The van der Waals surface area contributed by atoms with Crippen LogP contribution in [-0.4, -0.2) is 28.1 Å². The summed E-state index contributed by atoms with van der Waals surface area (Å²) in [6.07, 6.45) is 6.83. The molecule has 124 valence electrons. The number of fused-ring (bicyclic) bond motifs is 1. The van der Waals surface area contributed by atoms with Crippen LogP contribution in [0.4, 0.5) is 5.82 Å².